The lowest BCUT2D eigenvalue weighted by atomic mass is 9.96. The molecule has 1 N–H and O–H groups in total. The van der Waals surface area contributed by atoms with Crippen molar-refractivity contribution in [3.63, 3.8) is 0 Å². The Hall–Kier alpha value is -2.13. The lowest BCUT2D eigenvalue weighted by Gasteiger charge is -2.26. The van der Waals surface area contributed by atoms with E-state index in [0.717, 1.165) is 0 Å². The van der Waals surface area contributed by atoms with E-state index < -0.39 is 10.5 Å². The zero-order chi connectivity index (χ0) is 16.0. The van der Waals surface area contributed by atoms with Gasteiger partial charge in [0, 0.05) is 18.1 Å². The van der Waals surface area contributed by atoms with Crippen molar-refractivity contribution >= 4 is 5.69 Å². The third-order valence-electron chi connectivity index (χ3n) is 3.21. The van der Waals surface area contributed by atoms with Crippen molar-refractivity contribution in [2.75, 3.05) is 6.54 Å². The molecule has 2 unspecified atom stereocenters. The van der Waals surface area contributed by atoms with Gasteiger partial charge in [-0.25, -0.2) is 0 Å². The molecule has 0 bridgehead atoms. The van der Waals surface area contributed by atoms with E-state index in [1.165, 1.54) is 6.07 Å². The smallest absolute Gasteiger partial charge is 0.272 e. The fourth-order valence-corrected chi connectivity index (χ4v) is 2.30. The number of hydrogen-bond donors (Lipinski definition) is 1. The van der Waals surface area contributed by atoms with Crippen molar-refractivity contribution < 1.29 is 9.66 Å². The van der Waals surface area contributed by atoms with E-state index in [0.29, 0.717) is 24.3 Å². The molecule has 1 aromatic rings. The summed E-state index contributed by atoms with van der Waals surface area (Å²) in [4.78, 5) is 10.4. The Balaban J connectivity index is 2.75. The molecular formula is C15H21N3O3. The number of benzene rings is 1. The van der Waals surface area contributed by atoms with Crippen LogP contribution in [0, 0.1) is 28.4 Å². The van der Waals surface area contributed by atoms with Crippen molar-refractivity contribution in [2.45, 2.75) is 45.8 Å². The molecule has 0 aliphatic carbocycles. The predicted molar refractivity (Wildman–Crippen MR) is 80.2 cm³/mol. The predicted octanol–water partition coefficient (Wildman–Crippen LogP) is 2.95. The number of hydrogen-bond acceptors (Lipinski definition) is 5. The first kappa shape index (κ1) is 16.9. The van der Waals surface area contributed by atoms with Gasteiger partial charge >= 0.3 is 0 Å². The van der Waals surface area contributed by atoms with Crippen LogP contribution in [0.5, 0.6) is 5.75 Å². The summed E-state index contributed by atoms with van der Waals surface area (Å²) in [6.45, 7) is 8.03. The molecule has 0 saturated heterocycles. The Morgan fingerprint density at radius 1 is 1.57 bits per heavy atom. The van der Waals surface area contributed by atoms with Gasteiger partial charge in [-0.2, -0.15) is 5.26 Å². The second-order valence-electron chi connectivity index (χ2n) is 5.31. The van der Waals surface area contributed by atoms with Gasteiger partial charge in [-0.15, -0.1) is 0 Å². The van der Waals surface area contributed by atoms with Crippen molar-refractivity contribution in [3.05, 3.63) is 33.9 Å². The Kier molecular flexibility index (Phi) is 5.68. The van der Waals surface area contributed by atoms with Crippen LogP contribution < -0.4 is 10.1 Å². The van der Waals surface area contributed by atoms with Crippen LogP contribution in [0.1, 0.15) is 32.8 Å². The second-order valence-corrected chi connectivity index (χ2v) is 5.31. The van der Waals surface area contributed by atoms with Crippen LogP contribution >= 0.6 is 0 Å². The highest BCUT2D eigenvalue weighted by molar-refractivity contribution is 5.44. The molecule has 114 valence electrons. The van der Waals surface area contributed by atoms with E-state index in [1.54, 1.807) is 19.1 Å². The normalized spacial score (nSPS) is 14.8. The summed E-state index contributed by atoms with van der Waals surface area (Å²) in [5.74, 6) is 0.572. The number of rotatable bonds is 7. The van der Waals surface area contributed by atoms with E-state index >= 15 is 0 Å². The molecule has 0 spiro atoms. The molecule has 0 amide bonds. The Morgan fingerprint density at radius 2 is 2.24 bits per heavy atom. The molecule has 2 atom stereocenters. The summed E-state index contributed by atoms with van der Waals surface area (Å²) >= 11 is 0. The summed E-state index contributed by atoms with van der Waals surface area (Å²) in [6, 6.07) is 6.91. The van der Waals surface area contributed by atoms with Crippen molar-refractivity contribution in [1.29, 1.82) is 5.26 Å². The maximum absolute atomic E-state index is 10.8. The third kappa shape index (κ3) is 4.72. The molecule has 0 aliphatic rings. The highest BCUT2D eigenvalue weighted by Gasteiger charge is 2.26. The number of aryl methyl sites for hydroxylation is 1. The number of nitrogens with one attached hydrogen (secondary N) is 1. The monoisotopic (exact) mass is 291 g/mol. The summed E-state index contributed by atoms with van der Waals surface area (Å²) in [6.07, 6.45) is 0.336. The average Bonchev–Trinajstić information content (AvgIpc) is 2.38. The number of nitriles is 1. The van der Waals surface area contributed by atoms with Gasteiger partial charge in [-0.05, 0) is 39.4 Å². The molecular weight excluding hydrogens is 270 g/mol. The average molecular weight is 291 g/mol. The van der Waals surface area contributed by atoms with E-state index in [2.05, 4.69) is 11.4 Å². The molecule has 6 nitrogen and oxygen atoms in total. The number of nitro groups is 1. The number of nitro benzene ring substituents is 1. The number of nitrogens with zero attached hydrogens (tertiary/aromatic N) is 2. The minimum atomic E-state index is -0.649. The minimum absolute atomic E-state index is 0.0736. The Labute approximate surface area is 124 Å². The first-order valence-corrected chi connectivity index (χ1v) is 6.89. The second kappa shape index (κ2) is 7.04. The van der Waals surface area contributed by atoms with Crippen LogP contribution in [-0.2, 0) is 0 Å². The van der Waals surface area contributed by atoms with Crippen LogP contribution in [0.15, 0.2) is 18.2 Å². The molecule has 6 heteroatoms. The zero-order valence-corrected chi connectivity index (χ0v) is 12.8. The molecule has 0 fully saturated rings. The van der Waals surface area contributed by atoms with E-state index in [-0.39, 0.29) is 11.8 Å². The SMILES string of the molecule is CCNC(C)(C#N)CC(C)Oc1ccc([N+](=O)[O-])c(C)c1. The summed E-state index contributed by atoms with van der Waals surface area (Å²) < 4.78 is 5.76. The Morgan fingerprint density at radius 3 is 2.71 bits per heavy atom. The highest BCUT2D eigenvalue weighted by Crippen LogP contribution is 2.25. The maximum Gasteiger partial charge on any atom is 0.272 e. The van der Waals surface area contributed by atoms with E-state index in [1.807, 2.05) is 20.8 Å². The molecule has 0 saturated carbocycles. The van der Waals surface area contributed by atoms with Crippen molar-refractivity contribution in [2.24, 2.45) is 0 Å². The first-order valence-electron chi connectivity index (χ1n) is 6.89. The van der Waals surface area contributed by atoms with Crippen LogP contribution in [0.4, 0.5) is 5.69 Å². The molecule has 1 aromatic carbocycles. The number of ether oxygens (including phenoxy) is 1. The lowest BCUT2D eigenvalue weighted by Crippen LogP contribution is -2.44. The fourth-order valence-electron chi connectivity index (χ4n) is 2.30. The van der Waals surface area contributed by atoms with E-state index in [9.17, 15) is 15.4 Å². The summed E-state index contributed by atoms with van der Waals surface area (Å²) in [5, 5.41) is 23.1. The largest absolute Gasteiger partial charge is 0.491 e. The van der Waals surface area contributed by atoms with Gasteiger partial charge in [0.2, 0.25) is 0 Å². The van der Waals surface area contributed by atoms with E-state index in [4.69, 9.17) is 4.74 Å². The summed E-state index contributed by atoms with van der Waals surface area (Å²) in [5.41, 5.74) is -0.0202. The van der Waals surface area contributed by atoms with Crippen molar-refractivity contribution in [1.82, 2.24) is 5.32 Å². The first-order chi connectivity index (χ1) is 9.81. The zero-order valence-electron chi connectivity index (χ0n) is 12.8. The lowest BCUT2D eigenvalue weighted by molar-refractivity contribution is -0.385. The van der Waals surface area contributed by atoms with Gasteiger partial charge in [0.25, 0.3) is 5.69 Å². The summed E-state index contributed by atoms with van der Waals surface area (Å²) in [7, 11) is 0. The van der Waals surface area contributed by atoms with Gasteiger partial charge in [0.15, 0.2) is 0 Å². The quantitative estimate of drug-likeness (QED) is 0.616. The topological polar surface area (TPSA) is 88.2 Å². The standard InChI is InChI=1S/C15H21N3O3/c1-5-17-15(4,10-16)9-12(3)21-13-6-7-14(18(19)20)11(2)8-13/h6-8,12,17H,5,9H2,1-4H3. The van der Waals surface area contributed by atoms with Gasteiger partial charge < -0.3 is 4.74 Å². The fraction of sp³-hybridized carbons (Fsp3) is 0.533. The van der Waals surface area contributed by atoms with Crippen molar-refractivity contribution in [3.8, 4) is 11.8 Å². The molecule has 0 aliphatic heterocycles. The van der Waals surface area contributed by atoms with Crippen LogP contribution in [0.25, 0.3) is 0 Å². The van der Waals surface area contributed by atoms with Crippen LogP contribution in [0.2, 0.25) is 0 Å². The molecule has 0 heterocycles. The molecule has 1 rings (SSSR count). The minimum Gasteiger partial charge on any atom is -0.491 e. The van der Waals surface area contributed by atoms with Crippen LogP contribution in [-0.4, -0.2) is 23.1 Å². The van der Waals surface area contributed by atoms with Gasteiger partial charge in [-0.1, -0.05) is 6.92 Å². The highest BCUT2D eigenvalue weighted by atomic mass is 16.6. The van der Waals surface area contributed by atoms with Gasteiger partial charge in [0.1, 0.15) is 11.3 Å². The molecule has 0 radical (unpaired) electrons. The Bertz CT molecular complexity index is 554. The maximum atomic E-state index is 10.8. The molecule has 0 aromatic heterocycles. The van der Waals surface area contributed by atoms with Gasteiger partial charge in [0.05, 0.1) is 17.1 Å². The van der Waals surface area contributed by atoms with Crippen LogP contribution in [0.3, 0.4) is 0 Å². The third-order valence-corrected chi connectivity index (χ3v) is 3.21. The molecule has 21 heavy (non-hydrogen) atoms. The van der Waals surface area contributed by atoms with Gasteiger partial charge in [-0.3, -0.25) is 15.4 Å².